The van der Waals surface area contributed by atoms with Gasteiger partial charge in [0.1, 0.15) is 0 Å². The normalized spacial score (nSPS) is 22.2. The number of anilines is 3. The Kier molecular flexibility index (Phi) is 8.55. The average Bonchev–Trinajstić information content (AvgIpc) is 3.97. The molecule has 0 aliphatic heterocycles. The summed E-state index contributed by atoms with van der Waals surface area (Å²) in [6, 6.07) is 58.7. The van der Waals surface area contributed by atoms with Gasteiger partial charge in [-0.05, 0) is 135 Å². The molecular weight excluding hydrogens is 699 g/mol. The van der Waals surface area contributed by atoms with Gasteiger partial charge in [-0.25, -0.2) is 0 Å². The molecule has 2 spiro atoms. The lowest BCUT2D eigenvalue weighted by Gasteiger charge is -2.51. The van der Waals surface area contributed by atoms with Crippen molar-refractivity contribution in [1.82, 2.24) is 0 Å². The van der Waals surface area contributed by atoms with Crippen LogP contribution in [0.4, 0.5) is 17.1 Å². The van der Waals surface area contributed by atoms with Crippen molar-refractivity contribution in [3.63, 3.8) is 0 Å². The molecule has 4 aliphatic rings. The smallest absolute Gasteiger partial charge is 0.0543 e. The van der Waals surface area contributed by atoms with E-state index in [1.54, 1.807) is 16.7 Å². The molecule has 1 nitrogen and oxygen atoms in total. The van der Waals surface area contributed by atoms with Crippen molar-refractivity contribution in [3.05, 3.63) is 174 Å². The van der Waals surface area contributed by atoms with Gasteiger partial charge in [0, 0.05) is 27.8 Å². The van der Waals surface area contributed by atoms with E-state index in [1.165, 1.54) is 125 Å². The maximum Gasteiger partial charge on any atom is 0.0543 e. The van der Waals surface area contributed by atoms with E-state index in [-0.39, 0.29) is 10.8 Å². The van der Waals surface area contributed by atoms with Crippen molar-refractivity contribution in [3.8, 4) is 33.4 Å². The Morgan fingerprint density at radius 1 is 0.500 bits per heavy atom. The highest BCUT2D eigenvalue weighted by Crippen LogP contribution is 2.65. The summed E-state index contributed by atoms with van der Waals surface area (Å²) in [7, 11) is 0. The SMILES string of the molecule is CCC1CC(CC)C2(c3ccccc3-c3c(N(c4ccc(-c5cccc6ccccc56)cc4)c4ccc5c(c4)C4(CCCC4)c4ccccc4-5)cccc32)C(CC)C1. The van der Waals surface area contributed by atoms with Crippen LogP contribution in [0.1, 0.15) is 101 Å². The fourth-order valence-electron chi connectivity index (χ4n) is 13.2. The van der Waals surface area contributed by atoms with Gasteiger partial charge in [0.05, 0.1) is 5.69 Å². The maximum atomic E-state index is 2.63. The lowest BCUT2D eigenvalue weighted by molar-refractivity contribution is 0.0905. The second-order valence-corrected chi connectivity index (χ2v) is 18.0. The van der Waals surface area contributed by atoms with Crippen LogP contribution in [0.5, 0.6) is 0 Å². The van der Waals surface area contributed by atoms with Gasteiger partial charge < -0.3 is 4.90 Å². The number of hydrogen-bond donors (Lipinski definition) is 0. The van der Waals surface area contributed by atoms with E-state index < -0.39 is 0 Å². The first-order chi connectivity index (χ1) is 28.6. The molecule has 0 bridgehead atoms. The van der Waals surface area contributed by atoms with Crippen molar-refractivity contribution in [2.45, 2.75) is 89.4 Å². The molecule has 0 saturated heterocycles. The highest BCUT2D eigenvalue weighted by molar-refractivity contribution is 5.99. The van der Waals surface area contributed by atoms with E-state index in [9.17, 15) is 0 Å². The molecule has 0 N–H and O–H groups in total. The van der Waals surface area contributed by atoms with Crippen molar-refractivity contribution in [1.29, 1.82) is 0 Å². The van der Waals surface area contributed by atoms with Crippen molar-refractivity contribution in [2.75, 3.05) is 4.90 Å². The van der Waals surface area contributed by atoms with E-state index >= 15 is 0 Å². The quantitative estimate of drug-likeness (QED) is 0.157. The Bertz CT molecular complexity index is 2660. The van der Waals surface area contributed by atoms with E-state index in [2.05, 4.69) is 177 Å². The Labute approximate surface area is 345 Å². The minimum atomic E-state index is 0.0223. The molecule has 7 aromatic rings. The number of hydrogen-bond acceptors (Lipinski definition) is 1. The second kappa shape index (κ2) is 13.9. The van der Waals surface area contributed by atoms with Crippen LogP contribution in [0.15, 0.2) is 152 Å². The van der Waals surface area contributed by atoms with Crippen LogP contribution in [0.25, 0.3) is 44.2 Å². The minimum absolute atomic E-state index is 0.0223. The van der Waals surface area contributed by atoms with Crippen LogP contribution in [-0.4, -0.2) is 0 Å². The summed E-state index contributed by atoms with van der Waals surface area (Å²) in [6.07, 6.45) is 11.4. The predicted octanol–water partition coefficient (Wildman–Crippen LogP) is 16.0. The Morgan fingerprint density at radius 3 is 1.86 bits per heavy atom. The zero-order valence-corrected chi connectivity index (χ0v) is 34.5. The van der Waals surface area contributed by atoms with E-state index in [0.29, 0.717) is 11.8 Å². The standard InChI is InChI=1S/C57H55N/c1-4-38-35-41(5-2)57(42(6-3)36-38)51-24-12-10-21-49(51)55-52(57)25-16-26-54(55)58(43-29-27-40(28-30-43)46-22-15-18-39-17-7-8-19-45(39)46)44-31-32-48-47-20-9-11-23-50(47)56(53(48)37-44)33-13-14-34-56/h7-12,15-32,37-38,41-42H,4-6,13-14,33-36H2,1-3H3. The summed E-state index contributed by atoms with van der Waals surface area (Å²) in [6.45, 7) is 7.35. The molecular formula is C57H55N. The molecule has 0 radical (unpaired) electrons. The first-order valence-corrected chi connectivity index (χ1v) is 22.5. The van der Waals surface area contributed by atoms with E-state index in [4.69, 9.17) is 0 Å². The summed E-state index contributed by atoms with van der Waals surface area (Å²) in [5, 5.41) is 2.58. The van der Waals surface area contributed by atoms with Crippen molar-refractivity contribution >= 4 is 27.8 Å². The third-order valence-electron chi connectivity index (χ3n) is 15.7. The van der Waals surface area contributed by atoms with Gasteiger partial charge >= 0.3 is 0 Å². The number of rotatable bonds is 7. The molecule has 7 aromatic carbocycles. The van der Waals surface area contributed by atoms with Crippen LogP contribution in [0, 0.1) is 17.8 Å². The van der Waals surface area contributed by atoms with Gasteiger partial charge in [-0.1, -0.05) is 174 Å². The number of nitrogens with zero attached hydrogens (tertiary/aromatic N) is 1. The number of benzene rings is 7. The van der Waals surface area contributed by atoms with Crippen LogP contribution < -0.4 is 4.90 Å². The van der Waals surface area contributed by atoms with Crippen LogP contribution in [0.2, 0.25) is 0 Å². The molecule has 288 valence electrons. The van der Waals surface area contributed by atoms with E-state index in [0.717, 1.165) is 5.92 Å². The van der Waals surface area contributed by atoms with E-state index in [1.807, 2.05) is 0 Å². The highest BCUT2D eigenvalue weighted by Gasteiger charge is 2.56. The fourth-order valence-corrected chi connectivity index (χ4v) is 13.2. The third kappa shape index (κ3) is 5.01. The Balaban J connectivity index is 1.14. The molecule has 2 atom stereocenters. The van der Waals surface area contributed by atoms with Gasteiger partial charge in [0.2, 0.25) is 0 Å². The zero-order chi connectivity index (χ0) is 39.0. The monoisotopic (exact) mass is 753 g/mol. The minimum Gasteiger partial charge on any atom is -0.310 e. The first-order valence-electron chi connectivity index (χ1n) is 22.5. The maximum absolute atomic E-state index is 2.63. The van der Waals surface area contributed by atoms with Gasteiger partial charge in [0.15, 0.2) is 0 Å². The molecule has 2 saturated carbocycles. The molecule has 58 heavy (non-hydrogen) atoms. The Morgan fingerprint density at radius 2 is 1.10 bits per heavy atom. The molecule has 0 heterocycles. The fraction of sp³-hybridized carbons (Fsp3) is 0.298. The largest absolute Gasteiger partial charge is 0.310 e. The summed E-state index contributed by atoms with van der Waals surface area (Å²) >= 11 is 0. The van der Waals surface area contributed by atoms with Crippen molar-refractivity contribution in [2.24, 2.45) is 17.8 Å². The number of fused-ring (bicyclic) bond motifs is 11. The average molecular weight is 754 g/mol. The zero-order valence-electron chi connectivity index (χ0n) is 34.5. The second-order valence-electron chi connectivity index (χ2n) is 18.0. The van der Waals surface area contributed by atoms with Crippen LogP contribution >= 0.6 is 0 Å². The van der Waals surface area contributed by atoms with Crippen LogP contribution in [-0.2, 0) is 10.8 Å². The topological polar surface area (TPSA) is 3.24 Å². The van der Waals surface area contributed by atoms with Gasteiger partial charge in [-0.3, -0.25) is 0 Å². The summed E-state index contributed by atoms with van der Waals surface area (Å²) < 4.78 is 0. The molecule has 4 aliphatic carbocycles. The van der Waals surface area contributed by atoms with Gasteiger partial charge in [-0.2, -0.15) is 0 Å². The molecule has 2 unspecified atom stereocenters. The molecule has 11 rings (SSSR count). The lowest BCUT2D eigenvalue weighted by atomic mass is 9.52. The third-order valence-corrected chi connectivity index (χ3v) is 15.7. The summed E-state index contributed by atoms with van der Waals surface area (Å²) in [5.74, 6) is 2.03. The summed E-state index contributed by atoms with van der Waals surface area (Å²) in [4.78, 5) is 2.63. The molecule has 0 amide bonds. The highest BCUT2D eigenvalue weighted by atomic mass is 15.1. The summed E-state index contributed by atoms with van der Waals surface area (Å²) in [5.41, 5.74) is 18.4. The van der Waals surface area contributed by atoms with Crippen LogP contribution in [0.3, 0.4) is 0 Å². The Hall–Kier alpha value is -5.40. The molecule has 0 aromatic heterocycles. The molecule has 2 fully saturated rings. The molecule has 1 heteroatoms. The first kappa shape index (κ1) is 35.7. The van der Waals surface area contributed by atoms with Gasteiger partial charge in [-0.15, -0.1) is 0 Å². The van der Waals surface area contributed by atoms with Gasteiger partial charge in [0.25, 0.3) is 0 Å². The predicted molar refractivity (Wildman–Crippen MR) is 246 cm³/mol. The lowest BCUT2D eigenvalue weighted by Crippen LogP contribution is -2.47. The van der Waals surface area contributed by atoms with Crippen molar-refractivity contribution < 1.29 is 0 Å².